The van der Waals surface area contributed by atoms with Crippen molar-refractivity contribution in [2.24, 2.45) is 0 Å². The van der Waals surface area contributed by atoms with E-state index >= 15 is 0 Å². The SMILES string of the molecule is CC(=O)N[C@H]1[C@H]([C@H](O)[C@H](O)CO)O[C@@](SC[C@@H](O)C2O[C@H]3OC(C)(C)O[C@@H]3[C@H]2O)(C(=O)O)C[C@@H]1O. The van der Waals surface area contributed by atoms with E-state index in [0.717, 1.165) is 6.92 Å². The first-order chi connectivity index (χ1) is 16.2. The van der Waals surface area contributed by atoms with Gasteiger partial charge in [0.25, 0.3) is 0 Å². The van der Waals surface area contributed by atoms with Crippen LogP contribution in [-0.2, 0) is 28.5 Å². The van der Waals surface area contributed by atoms with E-state index in [1.54, 1.807) is 13.8 Å². The second-order valence-corrected chi connectivity index (χ2v) is 10.6. The Morgan fingerprint density at radius 3 is 2.31 bits per heavy atom. The Bertz CT molecular complexity index is 786. The second kappa shape index (κ2) is 10.7. The molecule has 3 saturated heterocycles. The summed E-state index contributed by atoms with van der Waals surface area (Å²) in [5.41, 5.74) is 0. The van der Waals surface area contributed by atoms with Gasteiger partial charge < -0.3 is 60.0 Å². The number of amides is 1. The summed E-state index contributed by atoms with van der Waals surface area (Å²) in [4.78, 5) is 21.6. The number of carboxylic acid groups (broad SMARTS) is 1. The monoisotopic (exact) mass is 527 g/mol. The number of aliphatic hydroxyl groups is 6. The van der Waals surface area contributed by atoms with Gasteiger partial charge in [-0.15, -0.1) is 11.8 Å². The molecule has 0 aromatic heterocycles. The number of carboxylic acids is 1. The molecule has 3 aliphatic heterocycles. The summed E-state index contributed by atoms with van der Waals surface area (Å²) in [6.45, 7) is 3.52. The minimum absolute atomic E-state index is 0.347. The topological polar surface area (TPSA) is 225 Å². The van der Waals surface area contributed by atoms with Gasteiger partial charge in [0.1, 0.15) is 36.6 Å². The molecule has 0 saturated carbocycles. The van der Waals surface area contributed by atoms with Gasteiger partial charge in [-0.25, -0.2) is 4.79 Å². The molecule has 0 spiro atoms. The number of carbonyl (C=O) groups is 2. The Balaban J connectivity index is 1.74. The summed E-state index contributed by atoms with van der Waals surface area (Å²) in [5, 5.41) is 73.7. The highest BCUT2D eigenvalue weighted by Gasteiger charge is 2.58. The molecule has 14 nitrogen and oxygen atoms in total. The summed E-state index contributed by atoms with van der Waals surface area (Å²) >= 11 is 0.570. The highest BCUT2D eigenvalue weighted by Crippen LogP contribution is 2.43. The van der Waals surface area contributed by atoms with Crippen LogP contribution in [0.25, 0.3) is 0 Å². The van der Waals surface area contributed by atoms with Gasteiger partial charge in [-0.05, 0) is 13.8 Å². The van der Waals surface area contributed by atoms with E-state index in [-0.39, 0.29) is 5.75 Å². The first-order valence-corrected chi connectivity index (χ1v) is 12.0. The van der Waals surface area contributed by atoms with Gasteiger partial charge in [-0.3, -0.25) is 4.79 Å². The minimum atomic E-state index is -2.22. The van der Waals surface area contributed by atoms with Gasteiger partial charge in [-0.2, -0.15) is 0 Å². The molecule has 11 atom stereocenters. The van der Waals surface area contributed by atoms with E-state index in [9.17, 15) is 45.3 Å². The van der Waals surface area contributed by atoms with Crippen molar-refractivity contribution in [3.8, 4) is 0 Å². The van der Waals surface area contributed by atoms with Crippen LogP contribution in [0.4, 0.5) is 0 Å². The lowest BCUT2D eigenvalue weighted by molar-refractivity contribution is -0.224. The summed E-state index contributed by atoms with van der Waals surface area (Å²) in [7, 11) is 0. The third-order valence-corrected chi connectivity index (χ3v) is 7.52. The van der Waals surface area contributed by atoms with E-state index in [1.807, 2.05) is 0 Å². The normalized spacial score (nSPS) is 41.1. The molecule has 15 heteroatoms. The molecule has 8 N–H and O–H groups in total. The maximum atomic E-state index is 12.2. The molecule has 1 unspecified atom stereocenters. The largest absolute Gasteiger partial charge is 0.478 e. The van der Waals surface area contributed by atoms with Crippen molar-refractivity contribution < 1.29 is 64.3 Å². The van der Waals surface area contributed by atoms with E-state index in [1.165, 1.54) is 0 Å². The average Bonchev–Trinajstić information content (AvgIpc) is 3.24. The van der Waals surface area contributed by atoms with Gasteiger partial charge in [0.05, 0.1) is 24.9 Å². The van der Waals surface area contributed by atoms with Crippen LogP contribution in [0, 0.1) is 0 Å². The van der Waals surface area contributed by atoms with Crippen LogP contribution in [0.3, 0.4) is 0 Å². The van der Waals surface area contributed by atoms with Crippen LogP contribution < -0.4 is 5.32 Å². The zero-order valence-electron chi connectivity index (χ0n) is 19.4. The molecule has 3 rings (SSSR count). The number of aliphatic carboxylic acids is 1. The smallest absolute Gasteiger partial charge is 0.346 e. The average molecular weight is 528 g/mol. The van der Waals surface area contributed by atoms with Crippen molar-refractivity contribution in [3.63, 3.8) is 0 Å². The molecule has 0 aliphatic carbocycles. The second-order valence-electron chi connectivity index (χ2n) is 9.32. The first kappa shape index (κ1) is 28.5. The lowest BCUT2D eigenvalue weighted by Crippen LogP contribution is -2.66. The molecule has 0 aromatic rings. The Kier molecular flexibility index (Phi) is 8.71. The predicted molar refractivity (Wildman–Crippen MR) is 116 cm³/mol. The van der Waals surface area contributed by atoms with E-state index in [2.05, 4.69) is 5.32 Å². The standard InChI is InChI=1S/C20H33NO13S/c1-7(23)21-11-8(24)4-20(18(29)30,33-15(11)12(27)9(25)5-22)35-6-10(26)14-13(28)16-17(31-14)34-19(2,3)32-16/h8-17,22,24-28H,4-6H2,1-3H3,(H,21,23)(H,29,30)/t8-,9+,10+,11+,12+,13-,14?,15+,16+,17-,20-/m0/s1. The van der Waals surface area contributed by atoms with Gasteiger partial charge >= 0.3 is 5.97 Å². The molecular weight excluding hydrogens is 494 g/mol. The molecule has 202 valence electrons. The van der Waals surface area contributed by atoms with E-state index in [4.69, 9.17) is 18.9 Å². The fraction of sp³-hybridized carbons (Fsp3) is 0.900. The van der Waals surface area contributed by atoms with Gasteiger partial charge in [0.15, 0.2) is 12.1 Å². The number of carbonyl (C=O) groups excluding carboxylic acids is 1. The lowest BCUT2D eigenvalue weighted by atomic mass is 9.90. The molecule has 0 bridgehead atoms. The van der Waals surface area contributed by atoms with Crippen LogP contribution in [0.2, 0.25) is 0 Å². The van der Waals surface area contributed by atoms with E-state index < -0.39 is 96.8 Å². The number of hydrogen-bond donors (Lipinski definition) is 8. The Labute approximate surface area is 205 Å². The number of nitrogens with one attached hydrogen (secondary N) is 1. The molecule has 3 heterocycles. The third-order valence-electron chi connectivity index (χ3n) is 6.11. The number of aliphatic hydroxyl groups excluding tert-OH is 6. The van der Waals surface area contributed by atoms with Crippen LogP contribution >= 0.6 is 11.8 Å². The van der Waals surface area contributed by atoms with Crippen molar-refractivity contribution in [2.75, 3.05) is 12.4 Å². The molecule has 3 fully saturated rings. The molecule has 1 amide bonds. The fourth-order valence-electron chi connectivity index (χ4n) is 4.43. The Morgan fingerprint density at radius 2 is 1.77 bits per heavy atom. The Hall–Kier alpha value is -1.11. The maximum absolute atomic E-state index is 12.2. The maximum Gasteiger partial charge on any atom is 0.346 e. The Morgan fingerprint density at radius 1 is 1.11 bits per heavy atom. The highest BCUT2D eigenvalue weighted by molar-refractivity contribution is 8.01. The lowest BCUT2D eigenvalue weighted by Gasteiger charge is -2.46. The van der Waals surface area contributed by atoms with Gasteiger partial charge in [0.2, 0.25) is 10.8 Å². The van der Waals surface area contributed by atoms with E-state index in [0.29, 0.717) is 11.8 Å². The molecule has 0 aromatic carbocycles. The summed E-state index contributed by atoms with van der Waals surface area (Å²) in [6.07, 6.45) is -13.0. The number of fused-ring (bicyclic) bond motifs is 1. The first-order valence-electron chi connectivity index (χ1n) is 11.1. The zero-order valence-corrected chi connectivity index (χ0v) is 20.2. The highest BCUT2D eigenvalue weighted by atomic mass is 32.2. The number of thioether (sulfide) groups is 1. The summed E-state index contributed by atoms with van der Waals surface area (Å²) in [5.74, 6) is -3.49. The van der Waals surface area contributed by atoms with Crippen LogP contribution in [0.1, 0.15) is 27.2 Å². The molecule has 3 aliphatic rings. The van der Waals surface area contributed by atoms with Crippen molar-refractivity contribution in [1.82, 2.24) is 5.32 Å². The summed E-state index contributed by atoms with van der Waals surface area (Å²) < 4.78 is 22.3. The van der Waals surface area contributed by atoms with Crippen LogP contribution in [-0.4, -0.2) is 132 Å². The zero-order chi connectivity index (χ0) is 26.3. The molecule has 35 heavy (non-hydrogen) atoms. The molecule has 0 radical (unpaired) electrons. The van der Waals surface area contributed by atoms with Crippen molar-refractivity contribution in [1.29, 1.82) is 0 Å². The van der Waals surface area contributed by atoms with Crippen LogP contribution in [0.15, 0.2) is 0 Å². The molecular formula is C20H33NO13S. The summed E-state index contributed by atoms with van der Waals surface area (Å²) in [6, 6.07) is -1.29. The third kappa shape index (κ3) is 5.91. The van der Waals surface area contributed by atoms with Crippen molar-refractivity contribution >= 4 is 23.6 Å². The van der Waals surface area contributed by atoms with Gasteiger partial charge in [0, 0.05) is 19.1 Å². The fourth-order valence-corrected chi connectivity index (χ4v) is 5.65. The minimum Gasteiger partial charge on any atom is -0.478 e. The predicted octanol–water partition coefficient (Wildman–Crippen LogP) is -3.53. The number of hydrogen-bond acceptors (Lipinski definition) is 13. The van der Waals surface area contributed by atoms with Gasteiger partial charge in [-0.1, -0.05) is 0 Å². The van der Waals surface area contributed by atoms with Crippen molar-refractivity contribution in [2.45, 2.75) is 99.1 Å². The van der Waals surface area contributed by atoms with Crippen molar-refractivity contribution in [3.05, 3.63) is 0 Å². The number of ether oxygens (including phenoxy) is 4. The van der Waals surface area contributed by atoms with Crippen LogP contribution in [0.5, 0.6) is 0 Å². The number of rotatable bonds is 9. The quantitative estimate of drug-likeness (QED) is 0.145.